The maximum atomic E-state index is 13.5. The van der Waals surface area contributed by atoms with Gasteiger partial charge in [0.2, 0.25) is 5.91 Å². The van der Waals surface area contributed by atoms with E-state index in [9.17, 15) is 14.0 Å². The molecule has 1 N–H and O–H groups in total. The van der Waals surface area contributed by atoms with Gasteiger partial charge in [-0.2, -0.15) is 0 Å². The molecule has 1 aromatic rings. The van der Waals surface area contributed by atoms with Crippen molar-refractivity contribution in [1.29, 1.82) is 0 Å². The van der Waals surface area contributed by atoms with Gasteiger partial charge in [0.1, 0.15) is 5.82 Å². The standard InChI is InChI=1S/C23H33FN2O3/c1-17(2)16-26-20(14-18-5-7-19(24)8-6-18)15-23(22(26)29)9-12-25(13-10-23)11-3-4-21(27)28/h5-8,17,20H,3-4,9-16H2,1-2H3,(H,27,28). The van der Waals surface area contributed by atoms with Crippen LogP contribution in [0.1, 0.15) is 51.5 Å². The summed E-state index contributed by atoms with van der Waals surface area (Å²) >= 11 is 0. The van der Waals surface area contributed by atoms with Crippen LogP contribution in [-0.2, 0) is 16.0 Å². The topological polar surface area (TPSA) is 60.9 Å². The minimum absolute atomic E-state index is 0.161. The summed E-state index contributed by atoms with van der Waals surface area (Å²) in [4.78, 5) is 28.6. The van der Waals surface area contributed by atoms with E-state index in [0.717, 1.165) is 57.4 Å². The van der Waals surface area contributed by atoms with Gasteiger partial charge in [0.25, 0.3) is 0 Å². The Morgan fingerprint density at radius 1 is 1.24 bits per heavy atom. The van der Waals surface area contributed by atoms with Gasteiger partial charge in [-0.05, 0) is 75.4 Å². The summed E-state index contributed by atoms with van der Waals surface area (Å²) in [5, 5.41) is 8.82. The molecule has 6 heteroatoms. The lowest BCUT2D eigenvalue weighted by Gasteiger charge is -2.38. The van der Waals surface area contributed by atoms with Gasteiger partial charge in [0.15, 0.2) is 0 Å². The van der Waals surface area contributed by atoms with Crippen LogP contribution in [0.25, 0.3) is 0 Å². The third-order valence-electron chi connectivity index (χ3n) is 6.41. The molecule has 0 radical (unpaired) electrons. The Kier molecular flexibility index (Phi) is 6.93. The van der Waals surface area contributed by atoms with Crippen molar-refractivity contribution in [3.8, 4) is 0 Å². The second-order valence-electron chi connectivity index (χ2n) is 9.16. The molecular weight excluding hydrogens is 371 g/mol. The van der Waals surface area contributed by atoms with Gasteiger partial charge >= 0.3 is 5.97 Å². The van der Waals surface area contributed by atoms with E-state index < -0.39 is 5.97 Å². The summed E-state index contributed by atoms with van der Waals surface area (Å²) < 4.78 is 13.3. The number of benzene rings is 1. The highest BCUT2D eigenvalue weighted by molar-refractivity contribution is 5.85. The van der Waals surface area contributed by atoms with Crippen LogP contribution < -0.4 is 0 Å². The number of likely N-dealkylation sites (tertiary alicyclic amines) is 2. The summed E-state index contributed by atoms with van der Waals surface area (Å²) in [6.45, 7) is 7.52. The van der Waals surface area contributed by atoms with Gasteiger partial charge in [0.05, 0.1) is 5.41 Å². The monoisotopic (exact) mass is 404 g/mol. The number of piperidine rings is 1. The van der Waals surface area contributed by atoms with E-state index in [1.807, 2.05) is 12.1 Å². The molecule has 1 aromatic carbocycles. The van der Waals surface area contributed by atoms with E-state index in [0.29, 0.717) is 12.3 Å². The van der Waals surface area contributed by atoms with Crippen molar-refractivity contribution in [1.82, 2.24) is 9.80 Å². The fourth-order valence-electron chi connectivity index (χ4n) is 4.90. The number of nitrogens with zero attached hydrogens (tertiary/aromatic N) is 2. The zero-order valence-electron chi connectivity index (χ0n) is 17.6. The molecular formula is C23H33FN2O3. The van der Waals surface area contributed by atoms with Crippen LogP contribution in [0.15, 0.2) is 24.3 Å². The highest BCUT2D eigenvalue weighted by Crippen LogP contribution is 2.45. The van der Waals surface area contributed by atoms with Crippen LogP contribution in [0.2, 0.25) is 0 Å². The molecule has 0 saturated carbocycles. The number of amides is 1. The van der Waals surface area contributed by atoms with Crippen LogP contribution in [0, 0.1) is 17.2 Å². The number of aliphatic carboxylic acids is 1. The van der Waals surface area contributed by atoms with Crippen LogP contribution in [0.4, 0.5) is 4.39 Å². The van der Waals surface area contributed by atoms with Crippen LogP contribution in [-0.4, -0.2) is 59.0 Å². The first kappa shape index (κ1) is 21.8. The SMILES string of the molecule is CC(C)CN1C(=O)C2(CCN(CCCC(=O)O)CC2)CC1Cc1ccc(F)cc1. The lowest BCUT2D eigenvalue weighted by molar-refractivity contribution is -0.139. The van der Waals surface area contributed by atoms with Crippen molar-refractivity contribution < 1.29 is 19.1 Å². The highest BCUT2D eigenvalue weighted by Gasteiger charge is 2.52. The molecule has 1 unspecified atom stereocenters. The van der Waals surface area contributed by atoms with E-state index in [1.54, 1.807) is 0 Å². The molecule has 2 heterocycles. The summed E-state index contributed by atoms with van der Waals surface area (Å²) in [5.41, 5.74) is 0.782. The Hall–Kier alpha value is -1.95. The van der Waals surface area contributed by atoms with Crippen molar-refractivity contribution in [2.75, 3.05) is 26.2 Å². The third-order valence-corrected chi connectivity index (χ3v) is 6.41. The zero-order chi connectivity index (χ0) is 21.0. The predicted molar refractivity (Wildman–Crippen MR) is 110 cm³/mol. The molecule has 1 atom stereocenters. The summed E-state index contributed by atoms with van der Waals surface area (Å²) in [6.07, 6.45) is 4.16. The molecule has 5 nitrogen and oxygen atoms in total. The van der Waals surface area contributed by atoms with E-state index in [2.05, 4.69) is 23.6 Å². The second kappa shape index (κ2) is 9.24. The Labute approximate surface area is 172 Å². The normalized spacial score (nSPS) is 22.0. The Bertz CT molecular complexity index is 711. The number of halogens is 1. The maximum Gasteiger partial charge on any atom is 0.303 e. The molecule has 1 amide bonds. The number of carboxylic acid groups (broad SMARTS) is 1. The van der Waals surface area contributed by atoms with Gasteiger partial charge in [-0.25, -0.2) is 4.39 Å². The van der Waals surface area contributed by atoms with E-state index in [-0.39, 0.29) is 29.6 Å². The zero-order valence-corrected chi connectivity index (χ0v) is 17.6. The predicted octanol–water partition coefficient (Wildman–Crippen LogP) is 3.57. The first-order valence-electron chi connectivity index (χ1n) is 10.8. The summed E-state index contributed by atoms with van der Waals surface area (Å²) in [5.74, 6) is -0.302. The molecule has 1 spiro atoms. The van der Waals surface area contributed by atoms with Gasteiger partial charge in [-0.3, -0.25) is 9.59 Å². The number of carbonyl (C=O) groups is 2. The maximum absolute atomic E-state index is 13.5. The van der Waals surface area contributed by atoms with Crippen molar-refractivity contribution in [2.45, 2.75) is 58.4 Å². The van der Waals surface area contributed by atoms with Gasteiger partial charge in [-0.1, -0.05) is 26.0 Å². The molecule has 2 aliphatic rings. The smallest absolute Gasteiger partial charge is 0.303 e. The van der Waals surface area contributed by atoms with Crippen molar-refractivity contribution >= 4 is 11.9 Å². The van der Waals surface area contributed by atoms with E-state index >= 15 is 0 Å². The first-order valence-corrected chi connectivity index (χ1v) is 10.8. The largest absolute Gasteiger partial charge is 0.481 e. The fourth-order valence-corrected chi connectivity index (χ4v) is 4.90. The first-order chi connectivity index (χ1) is 13.8. The van der Waals surface area contributed by atoms with Crippen LogP contribution >= 0.6 is 0 Å². The molecule has 2 saturated heterocycles. The Morgan fingerprint density at radius 3 is 2.48 bits per heavy atom. The number of hydrogen-bond donors (Lipinski definition) is 1. The summed E-state index contributed by atoms with van der Waals surface area (Å²) in [6, 6.07) is 6.79. The number of hydrogen-bond acceptors (Lipinski definition) is 3. The molecule has 0 aromatic heterocycles. The molecule has 3 rings (SSSR count). The number of rotatable bonds is 8. The minimum Gasteiger partial charge on any atom is -0.481 e. The van der Waals surface area contributed by atoms with Gasteiger partial charge in [0, 0.05) is 19.0 Å². The molecule has 2 fully saturated rings. The second-order valence-corrected chi connectivity index (χ2v) is 9.16. The number of carbonyl (C=O) groups excluding carboxylic acids is 1. The van der Waals surface area contributed by atoms with Crippen molar-refractivity contribution in [2.24, 2.45) is 11.3 Å². The van der Waals surface area contributed by atoms with E-state index in [1.165, 1.54) is 12.1 Å². The van der Waals surface area contributed by atoms with Crippen molar-refractivity contribution in [3.63, 3.8) is 0 Å². The average Bonchev–Trinajstić information content (AvgIpc) is 2.90. The fraction of sp³-hybridized carbons (Fsp3) is 0.652. The third kappa shape index (κ3) is 5.35. The molecule has 0 aliphatic carbocycles. The lowest BCUT2D eigenvalue weighted by atomic mass is 9.75. The van der Waals surface area contributed by atoms with Gasteiger partial charge < -0.3 is 14.9 Å². The molecule has 29 heavy (non-hydrogen) atoms. The lowest BCUT2D eigenvalue weighted by Crippen LogP contribution is -2.45. The van der Waals surface area contributed by atoms with E-state index in [4.69, 9.17) is 5.11 Å². The van der Waals surface area contributed by atoms with Crippen LogP contribution in [0.3, 0.4) is 0 Å². The van der Waals surface area contributed by atoms with Crippen molar-refractivity contribution in [3.05, 3.63) is 35.6 Å². The Morgan fingerprint density at radius 2 is 1.90 bits per heavy atom. The highest BCUT2D eigenvalue weighted by atomic mass is 19.1. The summed E-state index contributed by atoms with van der Waals surface area (Å²) in [7, 11) is 0. The number of carboxylic acids is 1. The molecule has 0 bridgehead atoms. The molecule has 2 aliphatic heterocycles. The van der Waals surface area contributed by atoms with Crippen LogP contribution in [0.5, 0.6) is 0 Å². The van der Waals surface area contributed by atoms with Gasteiger partial charge in [-0.15, -0.1) is 0 Å². The minimum atomic E-state index is -0.752. The average molecular weight is 405 g/mol. The molecule has 160 valence electrons. The quantitative estimate of drug-likeness (QED) is 0.720. The Balaban J connectivity index is 1.66.